The highest BCUT2D eigenvalue weighted by Crippen LogP contribution is 2.45. The number of fused-ring (bicyclic) bond motifs is 2. The lowest BCUT2D eigenvalue weighted by Crippen LogP contribution is -2.58. The predicted molar refractivity (Wildman–Crippen MR) is 124 cm³/mol. The van der Waals surface area contributed by atoms with Crippen molar-refractivity contribution in [3.63, 3.8) is 0 Å². The monoisotopic (exact) mass is 557 g/mol. The molecule has 0 aromatic heterocycles. The van der Waals surface area contributed by atoms with E-state index >= 15 is 0 Å². The molecule has 9 nitrogen and oxygen atoms in total. The molecule has 206 valence electrons. The number of carbonyl (C=O) groups is 2. The summed E-state index contributed by atoms with van der Waals surface area (Å²) in [6.07, 6.45) is -2.67. The van der Waals surface area contributed by atoms with E-state index in [9.17, 15) is 35.6 Å². The van der Waals surface area contributed by atoms with Crippen LogP contribution in [0.1, 0.15) is 36.8 Å². The van der Waals surface area contributed by atoms with Gasteiger partial charge in [-0.05, 0) is 43.7 Å². The zero-order chi connectivity index (χ0) is 27.4. The quantitative estimate of drug-likeness (QED) is 0.537. The number of nitrogens with one attached hydrogen (secondary N) is 1. The molecule has 3 saturated heterocycles. The van der Waals surface area contributed by atoms with Gasteiger partial charge in [-0.3, -0.25) is 9.59 Å². The van der Waals surface area contributed by atoms with E-state index in [1.165, 1.54) is 13.5 Å². The van der Waals surface area contributed by atoms with E-state index in [0.29, 0.717) is 44.8 Å². The standard InChI is InChI=1S/C24H27F4N5O4S/c25-19-8-17(24(26,27)28)4-3-16(19)10-30-22(34)20-2-1-5-32(20)23(35)18-6-14-7-21(18)33(13-14)38(36,37)31-11-15(9-29)12-31/h3-4,8,14-15,18,20-21H,1-2,5-7,10-13H2,(H,30,34)/t14-,18-,20-,21-/m1/s1. The van der Waals surface area contributed by atoms with Crippen molar-refractivity contribution in [2.75, 3.05) is 26.2 Å². The zero-order valence-corrected chi connectivity index (χ0v) is 21.1. The van der Waals surface area contributed by atoms with Gasteiger partial charge >= 0.3 is 6.18 Å². The molecule has 1 aromatic carbocycles. The number of alkyl halides is 3. The lowest BCUT2D eigenvalue weighted by Gasteiger charge is -2.41. The first-order valence-electron chi connectivity index (χ1n) is 12.5. The first-order chi connectivity index (χ1) is 17.9. The molecule has 4 fully saturated rings. The maximum Gasteiger partial charge on any atom is 0.416 e. The molecule has 3 heterocycles. The van der Waals surface area contributed by atoms with Crippen LogP contribution in [0, 0.1) is 34.9 Å². The lowest BCUT2D eigenvalue weighted by molar-refractivity contribution is -0.143. The SMILES string of the molecule is N#CC1CN(S(=O)(=O)N2C[C@H]3C[C@@H]2[C@H](C(=O)N2CCC[C@@H]2C(=O)NCc2ccc(C(F)(F)F)cc2F)C3)C1. The molecule has 4 aliphatic rings. The second kappa shape index (κ2) is 9.77. The Morgan fingerprint density at radius 1 is 1.16 bits per heavy atom. The number of halogens is 4. The summed E-state index contributed by atoms with van der Waals surface area (Å²) >= 11 is 0. The summed E-state index contributed by atoms with van der Waals surface area (Å²) in [6, 6.07) is 2.81. The summed E-state index contributed by atoms with van der Waals surface area (Å²) in [5.74, 6) is -2.81. The van der Waals surface area contributed by atoms with Crippen molar-refractivity contribution in [1.29, 1.82) is 5.26 Å². The Morgan fingerprint density at radius 2 is 1.89 bits per heavy atom. The number of hydrogen-bond acceptors (Lipinski definition) is 5. The van der Waals surface area contributed by atoms with Crippen LogP contribution in [0.15, 0.2) is 18.2 Å². The molecular formula is C24H27F4N5O4S. The van der Waals surface area contributed by atoms with Crippen molar-refractivity contribution in [2.24, 2.45) is 17.8 Å². The van der Waals surface area contributed by atoms with E-state index in [1.807, 2.05) is 0 Å². The Balaban J connectivity index is 1.22. The third-order valence-corrected chi connectivity index (χ3v) is 10.0. The van der Waals surface area contributed by atoms with Gasteiger partial charge in [0.05, 0.1) is 23.5 Å². The first kappa shape index (κ1) is 26.8. The second-order valence-electron chi connectivity index (χ2n) is 10.4. The maximum atomic E-state index is 14.2. The fourth-order valence-electron chi connectivity index (χ4n) is 6.05. The molecule has 1 N–H and O–H groups in total. The highest BCUT2D eigenvalue weighted by atomic mass is 32.2. The van der Waals surface area contributed by atoms with Crippen molar-refractivity contribution in [3.05, 3.63) is 35.1 Å². The molecule has 2 amide bonds. The van der Waals surface area contributed by atoms with Crippen LogP contribution >= 0.6 is 0 Å². The molecule has 0 unspecified atom stereocenters. The summed E-state index contributed by atoms with van der Waals surface area (Å²) in [5.41, 5.74) is -1.24. The van der Waals surface area contributed by atoms with Crippen LogP contribution in [0.3, 0.4) is 0 Å². The smallest absolute Gasteiger partial charge is 0.350 e. The Bertz CT molecular complexity index is 1280. The average molecular weight is 558 g/mol. The number of carbonyl (C=O) groups excluding carboxylic acids is 2. The Morgan fingerprint density at radius 3 is 2.53 bits per heavy atom. The van der Waals surface area contributed by atoms with Gasteiger partial charge in [0.25, 0.3) is 10.2 Å². The molecule has 1 aliphatic carbocycles. The Labute approximate surface area is 217 Å². The number of rotatable bonds is 6. The van der Waals surface area contributed by atoms with Crippen LogP contribution in [0.2, 0.25) is 0 Å². The van der Waals surface area contributed by atoms with Crippen LogP contribution in [0.5, 0.6) is 0 Å². The molecule has 14 heteroatoms. The highest BCUT2D eigenvalue weighted by Gasteiger charge is 2.55. The minimum absolute atomic E-state index is 0.0364. The van der Waals surface area contributed by atoms with Crippen LogP contribution in [0.4, 0.5) is 17.6 Å². The second-order valence-corrected chi connectivity index (χ2v) is 12.3. The van der Waals surface area contributed by atoms with Gasteiger partial charge in [0, 0.05) is 44.3 Å². The van der Waals surface area contributed by atoms with Gasteiger partial charge in [0.2, 0.25) is 11.8 Å². The number of amides is 2. The topological polar surface area (TPSA) is 114 Å². The van der Waals surface area contributed by atoms with Gasteiger partial charge in [0.1, 0.15) is 11.9 Å². The van der Waals surface area contributed by atoms with Crippen molar-refractivity contribution in [3.8, 4) is 6.07 Å². The predicted octanol–water partition coefficient (Wildman–Crippen LogP) is 1.86. The van der Waals surface area contributed by atoms with Crippen LogP contribution in [-0.2, 0) is 32.5 Å². The van der Waals surface area contributed by atoms with Crippen molar-refractivity contribution < 1.29 is 35.6 Å². The largest absolute Gasteiger partial charge is 0.416 e. The fraction of sp³-hybridized carbons (Fsp3) is 0.625. The number of likely N-dealkylation sites (tertiary alicyclic amines) is 1. The first-order valence-corrected chi connectivity index (χ1v) is 13.9. The number of nitriles is 1. The third-order valence-electron chi connectivity index (χ3n) is 8.08. The van der Waals surface area contributed by atoms with Crippen molar-refractivity contribution in [1.82, 2.24) is 18.8 Å². The van der Waals surface area contributed by atoms with E-state index in [2.05, 4.69) is 11.4 Å². The number of nitrogens with zero attached hydrogens (tertiary/aromatic N) is 4. The van der Waals surface area contributed by atoms with E-state index in [0.717, 1.165) is 12.1 Å². The van der Waals surface area contributed by atoms with Gasteiger partial charge in [-0.1, -0.05) is 6.07 Å². The van der Waals surface area contributed by atoms with E-state index < -0.39 is 51.7 Å². The molecule has 0 spiro atoms. The molecule has 38 heavy (non-hydrogen) atoms. The molecule has 3 aliphatic heterocycles. The molecule has 2 bridgehead atoms. The van der Waals surface area contributed by atoms with Gasteiger partial charge < -0.3 is 10.2 Å². The van der Waals surface area contributed by atoms with E-state index in [-0.39, 0.29) is 42.9 Å². The zero-order valence-electron chi connectivity index (χ0n) is 20.3. The van der Waals surface area contributed by atoms with E-state index in [1.54, 1.807) is 0 Å². The number of benzene rings is 1. The van der Waals surface area contributed by atoms with Crippen molar-refractivity contribution >= 4 is 22.0 Å². The summed E-state index contributed by atoms with van der Waals surface area (Å²) in [6.45, 7) is 0.592. The van der Waals surface area contributed by atoms with Crippen molar-refractivity contribution in [2.45, 2.75) is 50.5 Å². The molecular weight excluding hydrogens is 530 g/mol. The summed E-state index contributed by atoms with van der Waals surface area (Å²) in [7, 11) is -3.79. The third kappa shape index (κ3) is 4.76. The Hall–Kier alpha value is -2.76. The molecule has 1 aromatic rings. The van der Waals surface area contributed by atoms with Gasteiger partial charge in [-0.15, -0.1) is 0 Å². The van der Waals surface area contributed by atoms with E-state index in [4.69, 9.17) is 5.26 Å². The maximum absolute atomic E-state index is 14.2. The van der Waals surface area contributed by atoms with Crippen LogP contribution in [-0.4, -0.2) is 72.0 Å². The summed E-state index contributed by atoms with van der Waals surface area (Å²) in [4.78, 5) is 27.9. The Kier molecular flexibility index (Phi) is 6.90. The normalized spacial score (nSPS) is 28.3. The number of piperidine rings is 1. The average Bonchev–Trinajstić information content (AvgIpc) is 3.57. The van der Waals surface area contributed by atoms with Crippen LogP contribution in [0.25, 0.3) is 0 Å². The molecule has 4 atom stereocenters. The highest BCUT2D eigenvalue weighted by molar-refractivity contribution is 7.86. The fourth-order valence-corrected chi connectivity index (χ4v) is 8.05. The summed E-state index contributed by atoms with van der Waals surface area (Å²) < 4.78 is 81.4. The summed E-state index contributed by atoms with van der Waals surface area (Å²) in [5, 5.41) is 11.5. The van der Waals surface area contributed by atoms with Gasteiger partial charge in [-0.25, -0.2) is 4.39 Å². The molecule has 0 radical (unpaired) electrons. The lowest BCUT2D eigenvalue weighted by atomic mass is 9.97. The minimum Gasteiger partial charge on any atom is -0.350 e. The number of hydrogen-bond donors (Lipinski definition) is 1. The van der Waals surface area contributed by atoms with Gasteiger partial charge in [-0.2, -0.15) is 35.5 Å². The molecule has 1 saturated carbocycles. The van der Waals surface area contributed by atoms with Crippen LogP contribution < -0.4 is 5.32 Å². The van der Waals surface area contributed by atoms with Gasteiger partial charge in [0.15, 0.2) is 0 Å². The minimum atomic E-state index is -4.68. The molecule has 5 rings (SSSR count).